The van der Waals surface area contributed by atoms with E-state index in [1.54, 1.807) is 24.3 Å². The molecule has 0 aliphatic carbocycles. The molecule has 176 valence electrons. The molecule has 0 unspecified atom stereocenters. The first-order valence-corrected chi connectivity index (χ1v) is 9.73. The molecular weight excluding hydrogens is 463 g/mol. The summed E-state index contributed by atoms with van der Waals surface area (Å²) in [5, 5.41) is 0. The highest BCUT2D eigenvalue weighted by atomic mass is 19.2. The van der Waals surface area contributed by atoms with Crippen molar-refractivity contribution in [3.8, 4) is 23.0 Å². The van der Waals surface area contributed by atoms with Gasteiger partial charge in [-0.3, -0.25) is 4.79 Å². The fraction of sp³-hybridized carbons (Fsp3) is 0.125. The van der Waals surface area contributed by atoms with Gasteiger partial charge in [0.05, 0.1) is 7.11 Å². The molecule has 0 amide bonds. The van der Waals surface area contributed by atoms with Crippen LogP contribution in [0.15, 0.2) is 42.5 Å². The first-order valence-electron chi connectivity index (χ1n) is 9.73. The van der Waals surface area contributed by atoms with E-state index < -0.39 is 41.4 Å². The Labute approximate surface area is 189 Å². The van der Waals surface area contributed by atoms with E-state index >= 15 is 0 Å². The second-order valence-corrected chi connectivity index (χ2v) is 7.02. The third-order valence-corrected chi connectivity index (χ3v) is 4.93. The molecule has 5 nitrogen and oxygen atoms in total. The molecule has 0 radical (unpaired) electrons. The number of fused-ring (bicyclic) bond motifs is 1. The summed E-state index contributed by atoms with van der Waals surface area (Å²) in [6, 6.07) is 9.33. The molecule has 4 rings (SSSR count). The van der Waals surface area contributed by atoms with Crippen molar-refractivity contribution in [1.29, 1.82) is 0 Å². The molecule has 0 fully saturated rings. The van der Waals surface area contributed by atoms with Crippen LogP contribution in [0.4, 0.5) is 22.0 Å². The van der Waals surface area contributed by atoms with Gasteiger partial charge in [0, 0.05) is 11.1 Å². The number of carbonyl (C=O) groups excluding carboxylic acids is 1. The number of rotatable bonds is 7. The Bertz CT molecular complexity index is 1280. The van der Waals surface area contributed by atoms with Crippen LogP contribution in [0, 0.1) is 29.1 Å². The van der Waals surface area contributed by atoms with Crippen LogP contribution in [-0.2, 0) is 6.61 Å². The van der Waals surface area contributed by atoms with E-state index in [1.807, 2.05) is 0 Å². The fourth-order valence-electron chi connectivity index (χ4n) is 3.19. The lowest BCUT2D eigenvalue weighted by molar-refractivity contribution is 0.104. The van der Waals surface area contributed by atoms with Crippen molar-refractivity contribution in [1.82, 2.24) is 0 Å². The standard InChI is InChI=1S/C24H15F5O5/c1-31-16-6-3-12(2-5-15(30)13-4-7-17-18(9-13)34-11-33-17)8-14(16)10-32-24-22(28)20(26)19(25)21(27)23(24)29/h2-9H,10-11H2,1H3/b5-2+. The summed E-state index contributed by atoms with van der Waals surface area (Å²) >= 11 is 0. The summed E-state index contributed by atoms with van der Waals surface area (Å²) in [5.74, 6) is -11.2. The topological polar surface area (TPSA) is 54.0 Å². The maximum absolute atomic E-state index is 13.9. The maximum Gasteiger partial charge on any atom is 0.231 e. The van der Waals surface area contributed by atoms with Crippen LogP contribution >= 0.6 is 0 Å². The second-order valence-electron chi connectivity index (χ2n) is 7.02. The molecule has 0 spiro atoms. The van der Waals surface area contributed by atoms with Crippen LogP contribution in [0.2, 0.25) is 0 Å². The van der Waals surface area contributed by atoms with E-state index in [0.717, 1.165) is 0 Å². The van der Waals surface area contributed by atoms with Gasteiger partial charge in [-0.1, -0.05) is 12.1 Å². The van der Waals surface area contributed by atoms with Crippen molar-refractivity contribution in [2.45, 2.75) is 6.61 Å². The van der Waals surface area contributed by atoms with Gasteiger partial charge in [0.15, 0.2) is 23.0 Å². The molecule has 0 N–H and O–H groups in total. The Kier molecular flexibility index (Phi) is 6.40. The van der Waals surface area contributed by atoms with E-state index in [4.69, 9.17) is 18.9 Å². The summed E-state index contributed by atoms with van der Waals surface area (Å²) in [7, 11) is 1.33. The van der Waals surface area contributed by atoms with Crippen LogP contribution in [0.5, 0.6) is 23.0 Å². The van der Waals surface area contributed by atoms with Gasteiger partial charge in [0.1, 0.15) is 12.4 Å². The summed E-state index contributed by atoms with van der Waals surface area (Å²) in [5.41, 5.74) is 1.10. The van der Waals surface area contributed by atoms with Crippen LogP contribution < -0.4 is 18.9 Å². The predicted molar refractivity (Wildman–Crippen MR) is 109 cm³/mol. The number of carbonyl (C=O) groups is 1. The first-order chi connectivity index (χ1) is 16.3. The van der Waals surface area contributed by atoms with Crippen molar-refractivity contribution in [2.75, 3.05) is 13.9 Å². The fourth-order valence-corrected chi connectivity index (χ4v) is 3.19. The average molecular weight is 478 g/mol. The van der Waals surface area contributed by atoms with E-state index in [9.17, 15) is 26.7 Å². The number of benzene rings is 3. The Morgan fingerprint density at radius 3 is 2.29 bits per heavy atom. The smallest absolute Gasteiger partial charge is 0.231 e. The summed E-state index contributed by atoms with van der Waals surface area (Å²) < 4.78 is 88.3. The molecule has 1 aliphatic heterocycles. The lowest BCUT2D eigenvalue weighted by atomic mass is 10.1. The Morgan fingerprint density at radius 2 is 1.59 bits per heavy atom. The lowest BCUT2D eigenvalue weighted by Crippen LogP contribution is -2.07. The summed E-state index contributed by atoms with van der Waals surface area (Å²) in [6.07, 6.45) is 2.78. The maximum atomic E-state index is 13.9. The molecule has 0 atom stereocenters. The van der Waals surface area contributed by atoms with E-state index in [2.05, 4.69) is 0 Å². The molecular formula is C24H15F5O5. The van der Waals surface area contributed by atoms with Gasteiger partial charge in [0.2, 0.25) is 35.9 Å². The Hall–Kier alpha value is -4.08. The van der Waals surface area contributed by atoms with E-state index in [1.165, 1.54) is 31.4 Å². The van der Waals surface area contributed by atoms with Crippen molar-refractivity contribution >= 4 is 11.9 Å². The van der Waals surface area contributed by atoms with Crippen molar-refractivity contribution in [3.05, 3.63) is 88.3 Å². The van der Waals surface area contributed by atoms with Crippen LogP contribution in [0.25, 0.3) is 6.08 Å². The molecule has 3 aromatic rings. The highest BCUT2D eigenvalue weighted by Gasteiger charge is 2.27. The number of allylic oxidation sites excluding steroid dienone is 1. The highest BCUT2D eigenvalue weighted by molar-refractivity contribution is 6.07. The normalized spacial score (nSPS) is 12.3. The first kappa shape index (κ1) is 23.1. The van der Waals surface area contributed by atoms with Gasteiger partial charge >= 0.3 is 0 Å². The van der Waals surface area contributed by atoms with Gasteiger partial charge in [-0.2, -0.15) is 8.78 Å². The number of ether oxygens (including phenoxy) is 4. The zero-order valence-corrected chi connectivity index (χ0v) is 17.5. The van der Waals surface area contributed by atoms with Gasteiger partial charge in [-0.05, 0) is 42.0 Å². The molecule has 0 saturated carbocycles. The highest BCUT2D eigenvalue weighted by Crippen LogP contribution is 2.33. The van der Waals surface area contributed by atoms with Gasteiger partial charge in [0.25, 0.3) is 0 Å². The monoisotopic (exact) mass is 478 g/mol. The van der Waals surface area contributed by atoms with Crippen molar-refractivity contribution in [3.63, 3.8) is 0 Å². The minimum absolute atomic E-state index is 0.0739. The van der Waals surface area contributed by atoms with E-state index in [-0.39, 0.29) is 23.9 Å². The van der Waals surface area contributed by atoms with E-state index in [0.29, 0.717) is 22.6 Å². The zero-order valence-electron chi connectivity index (χ0n) is 17.5. The minimum atomic E-state index is -2.28. The van der Waals surface area contributed by atoms with Gasteiger partial charge in [-0.15, -0.1) is 0 Å². The molecule has 0 saturated heterocycles. The van der Waals surface area contributed by atoms with Crippen molar-refractivity contribution in [2.24, 2.45) is 0 Å². The molecule has 34 heavy (non-hydrogen) atoms. The SMILES string of the molecule is COc1ccc(/C=C/C(=O)c2ccc3c(c2)OCO3)cc1COc1c(F)c(F)c(F)c(F)c1F. The predicted octanol–water partition coefficient (Wildman–Crippen LogP) is 5.59. The van der Waals surface area contributed by atoms with Crippen LogP contribution in [-0.4, -0.2) is 19.7 Å². The van der Waals surface area contributed by atoms with Crippen molar-refractivity contribution < 1.29 is 45.7 Å². The molecule has 0 aromatic heterocycles. The minimum Gasteiger partial charge on any atom is -0.496 e. The molecule has 1 heterocycles. The lowest BCUT2D eigenvalue weighted by Gasteiger charge is -2.13. The van der Waals surface area contributed by atoms with Gasteiger partial charge in [-0.25, -0.2) is 13.2 Å². The summed E-state index contributed by atoms with van der Waals surface area (Å²) in [6.45, 7) is -0.496. The third-order valence-electron chi connectivity index (χ3n) is 4.93. The Morgan fingerprint density at radius 1 is 0.912 bits per heavy atom. The quantitative estimate of drug-likeness (QED) is 0.146. The van der Waals surface area contributed by atoms with Crippen LogP contribution in [0.1, 0.15) is 21.5 Å². The number of halogens is 5. The summed E-state index contributed by atoms with van der Waals surface area (Å²) in [4.78, 5) is 12.5. The van der Waals surface area contributed by atoms with Gasteiger partial charge < -0.3 is 18.9 Å². The number of methoxy groups -OCH3 is 1. The number of hydrogen-bond donors (Lipinski definition) is 0. The number of ketones is 1. The zero-order chi connectivity index (χ0) is 24.4. The molecule has 1 aliphatic rings. The molecule has 0 bridgehead atoms. The number of hydrogen-bond acceptors (Lipinski definition) is 5. The third kappa shape index (κ3) is 4.39. The Balaban J connectivity index is 1.54. The average Bonchev–Trinajstić information content (AvgIpc) is 3.33. The largest absolute Gasteiger partial charge is 0.496 e. The molecule has 10 heteroatoms. The second kappa shape index (κ2) is 9.42. The van der Waals surface area contributed by atoms with Crippen LogP contribution in [0.3, 0.4) is 0 Å². The molecule has 3 aromatic carbocycles.